The first-order chi connectivity index (χ1) is 9.24. The Balaban J connectivity index is 1.72. The number of aliphatic hydroxyl groups is 1. The Morgan fingerprint density at radius 2 is 1.89 bits per heavy atom. The van der Waals surface area contributed by atoms with E-state index in [9.17, 15) is 9.50 Å². The Labute approximate surface area is 110 Å². The molecule has 0 aliphatic carbocycles. The molecule has 0 aliphatic rings. The molecule has 1 heterocycles. The van der Waals surface area contributed by atoms with Crippen LogP contribution in [0.4, 0.5) is 10.3 Å². The van der Waals surface area contributed by atoms with Crippen molar-refractivity contribution in [2.75, 3.05) is 18.5 Å². The first-order valence-corrected chi connectivity index (χ1v) is 5.81. The number of hydrogen-bond acceptors (Lipinski definition) is 5. The monoisotopic (exact) mass is 263 g/mol. The van der Waals surface area contributed by atoms with Crippen LogP contribution in [0.2, 0.25) is 0 Å². The van der Waals surface area contributed by atoms with Crippen molar-refractivity contribution in [2.24, 2.45) is 0 Å². The molecule has 0 spiro atoms. The summed E-state index contributed by atoms with van der Waals surface area (Å²) in [5.41, 5.74) is 0. The van der Waals surface area contributed by atoms with Gasteiger partial charge in [0.2, 0.25) is 5.95 Å². The van der Waals surface area contributed by atoms with Gasteiger partial charge >= 0.3 is 0 Å². The van der Waals surface area contributed by atoms with E-state index in [-0.39, 0.29) is 19.0 Å². The summed E-state index contributed by atoms with van der Waals surface area (Å²) in [6, 6.07) is 7.33. The van der Waals surface area contributed by atoms with Gasteiger partial charge in [-0.2, -0.15) is 0 Å². The molecule has 5 nitrogen and oxygen atoms in total. The fourth-order valence-electron chi connectivity index (χ4n) is 1.38. The lowest BCUT2D eigenvalue weighted by Crippen LogP contribution is -2.26. The van der Waals surface area contributed by atoms with Crippen molar-refractivity contribution in [3.8, 4) is 5.75 Å². The molecule has 0 aliphatic heterocycles. The molecule has 0 fully saturated rings. The number of ether oxygens (including phenoxy) is 1. The highest BCUT2D eigenvalue weighted by Crippen LogP contribution is 2.11. The third-order valence-electron chi connectivity index (χ3n) is 2.32. The van der Waals surface area contributed by atoms with Gasteiger partial charge < -0.3 is 15.2 Å². The average Bonchev–Trinajstić information content (AvgIpc) is 2.45. The molecule has 2 aromatic rings. The summed E-state index contributed by atoms with van der Waals surface area (Å²) in [5.74, 6) is 0.635. The number of halogens is 1. The van der Waals surface area contributed by atoms with Gasteiger partial charge in [0.1, 0.15) is 24.3 Å². The quantitative estimate of drug-likeness (QED) is 0.826. The van der Waals surface area contributed by atoms with E-state index < -0.39 is 6.10 Å². The van der Waals surface area contributed by atoms with Crippen molar-refractivity contribution in [1.82, 2.24) is 9.97 Å². The van der Waals surface area contributed by atoms with Crippen LogP contribution in [-0.4, -0.2) is 34.3 Å². The maximum absolute atomic E-state index is 12.7. The van der Waals surface area contributed by atoms with E-state index in [0.29, 0.717) is 11.7 Å². The summed E-state index contributed by atoms with van der Waals surface area (Å²) in [7, 11) is 0. The lowest BCUT2D eigenvalue weighted by molar-refractivity contribution is 0.117. The second-order valence-corrected chi connectivity index (χ2v) is 3.87. The van der Waals surface area contributed by atoms with Crippen LogP contribution >= 0.6 is 0 Å². The lowest BCUT2D eigenvalue weighted by Gasteiger charge is -2.13. The molecule has 1 atom stereocenters. The zero-order chi connectivity index (χ0) is 13.5. The van der Waals surface area contributed by atoms with Crippen LogP contribution < -0.4 is 10.1 Å². The third kappa shape index (κ3) is 4.51. The number of hydrogen-bond donors (Lipinski definition) is 2. The van der Waals surface area contributed by atoms with Gasteiger partial charge in [-0.15, -0.1) is 0 Å². The zero-order valence-electron chi connectivity index (χ0n) is 10.2. The summed E-state index contributed by atoms with van der Waals surface area (Å²) < 4.78 is 18.0. The largest absolute Gasteiger partial charge is 0.491 e. The van der Waals surface area contributed by atoms with Crippen molar-refractivity contribution in [3.63, 3.8) is 0 Å². The van der Waals surface area contributed by atoms with Crippen LogP contribution in [-0.2, 0) is 0 Å². The Morgan fingerprint density at radius 3 is 2.58 bits per heavy atom. The summed E-state index contributed by atoms with van der Waals surface area (Å²) in [6.07, 6.45) is 2.50. The van der Waals surface area contributed by atoms with Crippen LogP contribution in [0.25, 0.3) is 0 Å². The predicted molar refractivity (Wildman–Crippen MR) is 68.4 cm³/mol. The van der Waals surface area contributed by atoms with Gasteiger partial charge in [0.15, 0.2) is 0 Å². The smallest absolute Gasteiger partial charge is 0.222 e. The van der Waals surface area contributed by atoms with Crippen LogP contribution in [0.5, 0.6) is 5.75 Å². The Kier molecular flexibility index (Phi) is 4.63. The molecule has 0 saturated heterocycles. The molecule has 6 heteroatoms. The Morgan fingerprint density at radius 1 is 1.21 bits per heavy atom. The van der Waals surface area contributed by atoms with E-state index in [1.165, 1.54) is 24.3 Å². The van der Waals surface area contributed by atoms with Crippen molar-refractivity contribution in [2.45, 2.75) is 6.10 Å². The molecule has 19 heavy (non-hydrogen) atoms. The van der Waals surface area contributed by atoms with E-state index in [1.807, 2.05) is 0 Å². The maximum Gasteiger partial charge on any atom is 0.222 e. The van der Waals surface area contributed by atoms with Gasteiger partial charge in [-0.25, -0.2) is 14.4 Å². The molecule has 0 radical (unpaired) electrons. The highest BCUT2D eigenvalue weighted by atomic mass is 19.1. The lowest BCUT2D eigenvalue weighted by atomic mass is 10.3. The molecule has 1 aromatic carbocycles. The van der Waals surface area contributed by atoms with Gasteiger partial charge in [-0.05, 0) is 30.3 Å². The first kappa shape index (κ1) is 13.2. The minimum absolute atomic E-state index is 0.103. The van der Waals surface area contributed by atoms with Crippen LogP contribution in [0.1, 0.15) is 0 Å². The van der Waals surface area contributed by atoms with E-state index in [4.69, 9.17) is 4.74 Å². The van der Waals surface area contributed by atoms with E-state index in [1.54, 1.807) is 18.5 Å². The fraction of sp³-hybridized carbons (Fsp3) is 0.231. The Hall–Kier alpha value is -2.21. The Bertz CT molecular complexity index is 493. The number of anilines is 1. The molecule has 1 aromatic heterocycles. The van der Waals surface area contributed by atoms with Crippen LogP contribution in [0, 0.1) is 5.82 Å². The molecule has 0 bridgehead atoms. The molecule has 1 unspecified atom stereocenters. The van der Waals surface area contributed by atoms with Crippen molar-refractivity contribution >= 4 is 5.95 Å². The number of nitrogens with one attached hydrogen (secondary N) is 1. The fourth-order valence-corrected chi connectivity index (χ4v) is 1.38. The molecule has 100 valence electrons. The summed E-state index contributed by atoms with van der Waals surface area (Å²) in [6.45, 7) is 0.372. The number of aliphatic hydroxyl groups excluding tert-OH is 1. The minimum Gasteiger partial charge on any atom is -0.491 e. The van der Waals surface area contributed by atoms with Gasteiger partial charge in [-0.3, -0.25) is 0 Å². The van der Waals surface area contributed by atoms with Crippen molar-refractivity contribution < 1.29 is 14.2 Å². The van der Waals surface area contributed by atoms with E-state index in [0.717, 1.165) is 0 Å². The molecule has 2 rings (SSSR count). The third-order valence-corrected chi connectivity index (χ3v) is 2.32. The molecule has 0 amide bonds. The van der Waals surface area contributed by atoms with Gasteiger partial charge in [0.05, 0.1) is 0 Å². The van der Waals surface area contributed by atoms with E-state index >= 15 is 0 Å². The standard InChI is InChI=1S/C13H14FN3O2/c14-10-2-4-12(5-3-10)19-9-11(18)8-17-13-15-6-1-7-16-13/h1-7,11,18H,8-9H2,(H,15,16,17). The summed E-state index contributed by atoms with van der Waals surface area (Å²) >= 11 is 0. The maximum atomic E-state index is 12.7. The number of aromatic nitrogens is 2. The first-order valence-electron chi connectivity index (χ1n) is 5.81. The van der Waals surface area contributed by atoms with Crippen LogP contribution in [0.3, 0.4) is 0 Å². The summed E-state index contributed by atoms with van der Waals surface area (Å²) in [5, 5.41) is 12.6. The van der Waals surface area contributed by atoms with Gasteiger partial charge in [0, 0.05) is 18.9 Å². The van der Waals surface area contributed by atoms with Gasteiger partial charge in [0.25, 0.3) is 0 Å². The van der Waals surface area contributed by atoms with Crippen molar-refractivity contribution in [3.05, 3.63) is 48.5 Å². The molecule has 0 saturated carbocycles. The topological polar surface area (TPSA) is 67.3 Å². The molecule has 2 N–H and O–H groups in total. The zero-order valence-corrected chi connectivity index (χ0v) is 10.2. The van der Waals surface area contributed by atoms with Crippen molar-refractivity contribution in [1.29, 1.82) is 0 Å². The average molecular weight is 263 g/mol. The normalized spacial score (nSPS) is 11.9. The molecular formula is C13H14FN3O2. The highest BCUT2D eigenvalue weighted by Gasteiger charge is 2.06. The summed E-state index contributed by atoms with van der Waals surface area (Å²) in [4.78, 5) is 7.93. The minimum atomic E-state index is -0.714. The van der Waals surface area contributed by atoms with Crippen LogP contribution in [0.15, 0.2) is 42.7 Å². The second kappa shape index (κ2) is 6.65. The van der Waals surface area contributed by atoms with E-state index in [2.05, 4.69) is 15.3 Å². The highest BCUT2D eigenvalue weighted by molar-refractivity contribution is 5.23. The SMILES string of the molecule is OC(CNc1ncccn1)COc1ccc(F)cc1. The number of benzene rings is 1. The number of nitrogens with zero attached hydrogens (tertiary/aromatic N) is 2. The van der Waals surface area contributed by atoms with Gasteiger partial charge in [-0.1, -0.05) is 0 Å². The predicted octanol–water partition coefficient (Wildman–Crippen LogP) is 1.47. The second-order valence-electron chi connectivity index (χ2n) is 3.87. The molecular weight excluding hydrogens is 249 g/mol. The number of rotatable bonds is 6.